The van der Waals surface area contributed by atoms with Crippen LogP contribution in [-0.4, -0.2) is 44.2 Å². The SMILES string of the molecule is CCC(N)Cc1cccc(F)c1N(C)C1CCCN(C)C1. The van der Waals surface area contributed by atoms with E-state index in [0.717, 1.165) is 43.6 Å². The van der Waals surface area contributed by atoms with Crippen molar-refractivity contribution in [1.29, 1.82) is 0 Å². The first-order valence-electron chi connectivity index (χ1n) is 7.97. The maximum Gasteiger partial charge on any atom is 0.146 e. The van der Waals surface area contributed by atoms with Crippen molar-refractivity contribution in [3.63, 3.8) is 0 Å². The van der Waals surface area contributed by atoms with Crippen LogP contribution in [0.4, 0.5) is 10.1 Å². The van der Waals surface area contributed by atoms with E-state index >= 15 is 0 Å². The number of halogens is 1. The highest BCUT2D eigenvalue weighted by Crippen LogP contribution is 2.28. The smallest absolute Gasteiger partial charge is 0.146 e. The van der Waals surface area contributed by atoms with Crippen molar-refractivity contribution in [2.24, 2.45) is 5.73 Å². The van der Waals surface area contributed by atoms with Gasteiger partial charge in [-0.25, -0.2) is 4.39 Å². The number of rotatable bonds is 5. The number of para-hydroxylation sites is 1. The highest BCUT2D eigenvalue weighted by atomic mass is 19.1. The van der Waals surface area contributed by atoms with Crippen LogP contribution in [0.1, 0.15) is 31.7 Å². The minimum atomic E-state index is -0.133. The van der Waals surface area contributed by atoms with Gasteiger partial charge < -0.3 is 15.5 Å². The Morgan fingerprint density at radius 3 is 2.90 bits per heavy atom. The Balaban J connectivity index is 2.24. The lowest BCUT2D eigenvalue weighted by Gasteiger charge is -2.38. The lowest BCUT2D eigenvalue weighted by molar-refractivity contribution is 0.247. The van der Waals surface area contributed by atoms with Crippen molar-refractivity contribution in [3.8, 4) is 0 Å². The third-order valence-corrected chi connectivity index (χ3v) is 4.58. The molecule has 1 aliphatic rings. The second-order valence-corrected chi connectivity index (χ2v) is 6.29. The first-order valence-corrected chi connectivity index (χ1v) is 7.97. The zero-order valence-electron chi connectivity index (χ0n) is 13.5. The monoisotopic (exact) mass is 293 g/mol. The third kappa shape index (κ3) is 3.95. The van der Waals surface area contributed by atoms with Crippen LogP contribution in [0.5, 0.6) is 0 Å². The molecule has 2 N–H and O–H groups in total. The van der Waals surface area contributed by atoms with Crippen LogP contribution in [0.25, 0.3) is 0 Å². The molecule has 1 aromatic rings. The highest BCUT2D eigenvalue weighted by molar-refractivity contribution is 5.55. The Bertz CT molecular complexity index is 463. The van der Waals surface area contributed by atoms with E-state index in [0.29, 0.717) is 6.04 Å². The summed E-state index contributed by atoms with van der Waals surface area (Å²) in [5.41, 5.74) is 7.84. The predicted molar refractivity (Wildman–Crippen MR) is 87.3 cm³/mol. The molecule has 0 bridgehead atoms. The maximum absolute atomic E-state index is 14.4. The number of hydrogen-bond donors (Lipinski definition) is 1. The predicted octanol–water partition coefficient (Wildman–Crippen LogP) is 2.64. The summed E-state index contributed by atoms with van der Waals surface area (Å²) in [7, 11) is 4.15. The summed E-state index contributed by atoms with van der Waals surface area (Å²) >= 11 is 0. The summed E-state index contributed by atoms with van der Waals surface area (Å²) in [6.07, 6.45) is 3.93. The zero-order valence-corrected chi connectivity index (χ0v) is 13.5. The van der Waals surface area contributed by atoms with Gasteiger partial charge in [-0.05, 0) is 50.9 Å². The van der Waals surface area contributed by atoms with Crippen molar-refractivity contribution < 1.29 is 4.39 Å². The Hall–Kier alpha value is -1.13. The van der Waals surface area contributed by atoms with E-state index in [4.69, 9.17) is 5.73 Å². The summed E-state index contributed by atoms with van der Waals surface area (Å²) in [5, 5.41) is 0. The quantitative estimate of drug-likeness (QED) is 0.906. The van der Waals surface area contributed by atoms with Crippen molar-refractivity contribution in [3.05, 3.63) is 29.6 Å². The Labute approximate surface area is 127 Å². The van der Waals surface area contributed by atoms with Crippen LogP contribution in [0.3, 0.4) is 0 Å². The van der Waals surface area contributed by atoms with Gasteiger partial charge in [0.15, 0.2) is 0 Å². The number of likely N-dealkylation sites (tertiary alicyclic amines) is 1. The number of nitrogens with zero attached hydrogens (tertiary/aromatic N) is 2. The van der Waals surface area contributed by atoms with Crippen molar-refractivity contribution >= 4 is 5.69 Å². The molecule has 3 nitrogen and oxygen atoms in total. The number of anilines is 1. The molecule has 1 fully saturated rings. The molecule has 0 aromatic heterocycles. The van der Waals surface area contributed by atoms with Gasteiger partial charge in [-0.3, -0.25) is 0 Å². The van der Waals surface area contributed by atoms with E-state index in [1.54, 1.807) is 12.1 Å². The minimum Gasteiger partial charge on any atom is -0.368 e. The Morgan fingerprint density at radius 1 is 1.48 bits per heavy atom. The molecule has 0 aliphatic carbocycles. The number of likely N-dealkylation sites (N-methyl/N-ethyl adjacent to an activating group) is 2. The van der Waals surface area contributed by atoms with Gasteiger partial charge in [-0.15, -0.1) is 0 Å². The molecule has 1 heterocycles. The molecular weight excluding hydrogens is 265 g/mol. The van der Waals surface area contributed by atoms with E-state index in [1.807, 2.05) is 13.1 Å². The van der Waals surface area contributed by atoms with Crippen LogP contribution in [0, 0.1) is 5.82 Å². The molecule has 0 amide bonds. The second kappa shape index (κ2) is 7.23. The summed E-state index contributed by atoms with van der Waals surface area (Å²) in [6.45, 7) is 4.20. The van der Waals surface area contributed by atoms with Crippen molar-refractivity contribution in [2.75, 3.05) is 32.1 Å². The second-order valence-electron chi connectivity index (χ2n) is 6.29. The van der Waals surface area contributed by atoms with Gasteiger partial charge in [0, 0.05) is 25.7 Å². The van der Waals surface area contributed by atoms with E-state index in [1.165, 1.54) is 6.42 Å². The topological polar surface area (TPSA) is 32.5 Å². The Kier molecular flexibility index (Phi) is 5.59. The first kappa shape index (κ1) is 16.2. The van der Waals surface area contributed by atoms with E-state index in [9.17, 15) is 4.39 Å². The molecule has 118 valence electrons. The summed E-state index contributed by atoms with van der Waals surface area (Å²) in [6, 6.07) is 5.82. The Morgan fingerprint density at radius 2 is 2.24 bits per heavy atom. The van der Waals surface area contributed by atoms with Gasteiger partial charge in [-0.1, -0.05) is 19.1 Å². The number of benzene rings is 1. The van der Waals surface area contributed by atoms with Crippen LogP contribution in [0.15, 0.2) is 18.2 Å². The standard InChI is InChI=1S/C17H28FN3/c1-4-14(19)11-13-7-5-9-16(18)17(13)21(3)15-8-6-10-20(2)12-15/h5,7,9,14-15H,4,6,8,10-12,19H2,1-3H3. The van der Waals surface area contributed by atoms with Crippen LogP contribution in [0.2, 0.25) is 0 Å². The number of hydrogen-bond acceptors (Lipinski definition) is 3. The molecule has 1 saturated heterocycles. The molecule has 2 rings (SSSR count). The molecule has 0 spiro atoms. The molecule has 2 unspecified atom stereocenters. The highest BCUT2D eigenvalue weighted by Gasteiger charge is 2.25. The lowest BCUT2D eigenvalue weighted by Crippen LogP contribution is -2.45. The fraction of sp³-hybridized carbons (Fsp3) is 0.647. The van der Waals surface area contributed by atoms with E-state index in [2.05, 4.69) is 23.8 Å². The van der Waals surface area contributed by atoms with Gasteiger partial charge in [0.25, 0.3) is 0 Å². The summed E-state index contributed by atoms with van der Waals surface area (Å²) in [5.74, 6) is -0.133. The normalized spacial score (nSPS) is 21.3. The molecule has 0 saturated carbocycles. The van der Waals surface area contributed by atoms with Gasteiger partial charge in [0.2, 0.25) is 0 Å². The molecule has 2 atom stereocenters. The number of nitrogens with two attached hydrogens (primary N) is 1. The van der Waals surface area contributed by atoms with Crippen LogP contribution in [-0.2, 0) is 6.42 Å². The van der Waals surface area contributed by atoms with Gasteiger partial charge in [0.1, 0.15) is 5.82 Å². The molecular formula is C17H28FN3. The average molecular weight is 293 g/mol. The van der Waals surface area contributed by atoms with E-state index in [-0.39, 0.29) is 11.9 Å². The fourth-order valence-corrected chi connectivity index (χ4v) is 3.18. The van der Waals surface area contributed by atoms with Gasteiger partial charge in [0.05, 0.1) is 5.69 Å². The van der Waals surface area contributed by atoms with Crippen molar-refractivity contribution in [2.45, 2.75) is 44.7 Å². The van der Waals surface area contributed by atoms with Crippen LogP contribution < -0.4 is 10.6 Å². The van der Waals surface area contributed by atoms with Crippen LogP contribution >= 0.6 is 0 Å². The molecule has 21 heavy (non-hydrogen) atoms. The molecule has 4 heteroatoms. The largest absolute Gasteiger partial charge is 0.368 e. The average Bonchev–Trinajstić information content (AvgIpc) is 2.46. The lowest BCUT2D eigenvalue weighted by atomic mass is 9.99. The van der Waals surface area contributed by atoms with Crippen molar-refractivity contribution in [1.82, 2.24) is 4.90 Å². The van der Waals surface area contributed by atoms with E-state index < -0.39 is 0 Å². The molecule has 0 radical (unpaired) electrons. The molecule has 1 aliphatic heterocycles. The van der Waals surface area contributed by atoms with Gasteiger partial charge >= 0.3 is 0 Å². The fourth-order valence-electron chi connectivity index (χ4n) is 3.18. The summed E-state index contributed by atoms with van der Waals surface area (Å²) < 4.78 is 14.4. The summed E-state index contributed by atoms with van der Waals surface area (Å²) in [4.78, 5) is 4.45. The first-order chi connectivity index (χ1) is 10.0. The third-order valence-electron chi connectivity index (χ3n) is 4.58. The van der Waals surface area contributed by atoms with Gasteiger partial charge in [-0.2, -0.15) is 0 Å². The minimum absolute atomic E-state index is 0.0907. The maximum atomic E-state index is 14.4. The zero-order chi connectivity index (χ0) is 15.4. The number of piperidine rings is 1. The molecule has 1 aromatic carbocycles.